The molecule has 0 atom stereocenters. The van der Waals surface area contributed by atoms with Crippen LogP contribution in [0.2, 0.25) is 5.02 Å². The van der Waals surface area contributed by atoms with E-state index in [1.165, 1.54) is 4.57 Å². The summed E-state index contributed by atoms with van der Waals surface area (Å²) in [5.74, 6) is -0.0692. The van der Waals surface area contributed by atoms with Gasteiger partial charge in [-0.15, -0.1) is 0 Å². The molecule has 1 heterocycles. The molecule has 1 amide bonds. The van der Waals surface area contributed by atoms with Gasteiger partial charge in [0.05, 0.1) is 10.9 Å². The average Bonchev–Trinajstić information content (AvgIpc) is 2.60. The van der Waals surface area contributed by atoms with Crippen LogP contribution in [0.5, 0.6) is 0 Å². The summed E-state index contributed by atoms with van der Waals surface area (Å²) in [5, 5.41) is 1.09. The first-order chi connectivity index (χ1) is 11.6. The van der Waals surface area contributed by atoms with Gasteiger partial charge in [-0.05, 0) is 43.3 Å². The van der Waals surface area contributed by atoms with Crippen molar-refractivity contribution in [3.05, 3.63) is 69.5 Å². The van der Waals surface area contributed by atoms with Gasteiger partial charge in [-0.25, -0.2) is 4.98 Å². The molecule has 6 nitrogen and oxygen atoms in total. The number of para-hydroxylation sites is 1. The monoisotopic (exact) mass is 342 g/mol. The minimum atomic E-state index is -0.350. The molecule has 0 radical (unpaired) electrons. The maximum Gasteiger partial charge on any atom is 0.269 e. The summed E-state index contributed by atoms with van der Waals surface area (Å²) in [5.41, 5.74) is 6.12. The molecule has 0 unspecified atom stereocenters. The highest BCUT2D eigenvalue weighted by atomic mass is 35.5. The van der Waals surface area contributed by atoms with E-state index in [1.54, 1.807) is 48.5 Å². The molecule has 0 bridgehead atoms. The number of nitrogens with one attached hydrogen (secondary N) is 2. The molecule has 3 rings (SSSR count). The Bertz CT molecular complexity index is 951. The minimum Gasteiger partial charge on any atom is -0.277 e. The smallest absolute Gasteiger partial charge is 0.269 e. The number of hydrogen-bond donors (Lipinski definition) is 2. The van der Waals surface area contributed by atoms with Crippen molar-refractivity contribution in [2.45, 2.75) is 13.5 Å². The van der Waals surface area contributed by atoms with Crippen molar-refractivity contribution in [1.82, 2.24) is 15.0 Å². The molecule has 7 heteroatoms. The van der Waals surface area contributed by atoms with Gasteiger partial charge in [0.15, 0.2) is 0 Å². The van der Waals surface area contributed by atoms with Crippen LogP contribution in [0.1, 0.15) is 17.3 Å². The first-order valence-electron chi connectivity index (χ1n) is 7.41. The molecule has 2 aromatic carbocycles. The van der Waals surface area contributed by atoms with Gasteiger partial charge < -0.3 is 0 Å². The fourth-order valence-electron chi connectivity index (χ4n) is 2.34. The van der Waals surface area contributed by atoms with Gasteiger partial charge >= 0.3 is 0 Å². The fraction of sp³-hybridized carbons (Fsp3) is 0.118. The Morgan fingerprint density at radius 2 is 1.88 bits per heavy atom. The molecule has 0 fully saturated rings. The minimum absolute atomic E-state index is 0.161. The number of hydrogen-bond acceptors (Lipinski definition) is 4. The van der Waals surface area contributed by atoms with Gasteiger partial charge in [-0.1, -0.05) is 23.7 Å². The molecule has 0 aliphatic heterocycles. The van der Waals surface area contributed by atoms with Crippen molar-refractivity contribution in [3.63, 3.8) is 0 Å². The average molecular weight is 343 g/mol. The Balaban J connectivity index is 1.88. The number of amides is 1. The summed E-state index contributed by atoms with van der Waals surface area (Å²) < 4.78 is 1.46. The topological polar surface area (TPSA) is 76.0 Å². The lowest BCUT2D eigenvalue weighted by atomic mass is 10.2. The summed E-state index contributed by atoms with van der Waals surface area (Å²) in [7, 11) is 0. The number of nitrogens with zero attached hydrogens (tertiary/aromatic N) is 2. The third-order valence-corrected chi connectivity index (χ3v) is 3.82. The van der Waals surface area contributed by atoms with Crippen molar-refractivity contribution >= 4 is 34.4 Å². The summed E-state index contributed by atoms with van der Waals surface area (Å²) in [6.45, 7) is 2.26. The van der Waals surface area contributed by atoms with Gasteiger partial charge in [-0.2, -0.15) is 0 Å². The number of fused-ring (bicyclic) bond motifs is 1. The van der Waals surface area contributed by atoms with E-state index in [9.17, 15) is 9.59 Å². The zero-order valence-electron chi connectivity index (χ0n) is 12.9. The van der Waals surface area contributed by atoms with Gasteiger partial charge in [0.2, 0.25) is 5.95 Å². The number of benzene rings is 2. The normalized spacial score (nSPS) is 10.6. The summed E-state index contributed by atoms with van der Waals surface area (Å²) in [4.78, 5) is 29.0. The van der Waals surface area contributed by atoms with E-state index in [4.69, 9.17) is 11.6 Å². The first-order valence-corrected chi connectivity index (χ1v) is 7.79. The summed E-state index contributed by atoms with van der Waals surface area (Å²) >= 11 is 5.81. The van der Waals surface area contributed by atoms with Crippen LogP contribution in [-0.4, -0.2) is 15.5 Å². The Morgan fingerprint density at radius 3 is 2.58 bits per heavy atom. The highest BCUT2D eigenvalue weighted by Crippen LogP contribution is 2.11. The van der Waals surface area contributed by atoms with Gasteiger partial charge in [0.25, 0.3) is 11.5 Å². The number of halogens is 1. The Morgan fingerprint density at radius 1 is 1.17 bits per heavy atom. The molecule has 0 saturated heterocycles. The largest absolute Gasteiger partial charge is 0.277 e. The third-order valence-electron chi connectivity index (χ3n) is 3.57. The molecular formula is C17H15ClN4O2. The number of rotatable bonds is 4. The van der Waals surface area contributed by atoms with Gasteiger partial charge in [0.1, 0.15) is 0 Å². The van der Waals surface area contributed by atoms with E-state index in [0.717, 1.165) is 0 Å². The van der Waals surface area contributed by atoms with Crippen molar-refractivity contribution in [3.8, 4) is 0 Å². The quantitative estimate of drug-likeness (QED) is 0.715. The molecular weight excluding hydrogens is 328 g/mol. The Kier molecular flexibility index (Phi) is 4.48. The molecule has 122 valence electrons. The van der Waals surface area contributed by atoms with Crippen LogP contribution in [-0.2, 0) is 6.54 Å². The predicted octanol–water partition coefficient (Wildman–Crippen LogP) is 2.83. The lowest BCUT2D eigenvalue weighted by Gasteiger charge is -2.14. The summed E-state index contributed by atoms with van der Waals surface area (Å²) in [6, 6.07) is 13.6. The Labute approximate surface area is 143 Å². The van der Waals surface area contributed by atoms with Crippen LogP contribution in [0, 0.1) is 0 Å². The highest BCUT2D eigenvalue weighted by Gasteiger charge is 2.11. The number of aromatic nitrogens is 2. The molecule has 1 aromatic heterocycles. The second-order valence-corrected chi connectivity index (χ2v) is 5.52. The molecule has 3 aromatic rings. The van der Waals surface area contributed by atoms with Crippen LogP contribution < -0.4 is 16.4 Å². The SMILES string of the molecule is CCn1c(NNC(=O)c2ccc(Cl)cc2)nc2ccccc2c1=O. The molecule has 2 N–H and O–H groups in total. The second kappa shape index (κ2) is 6.72. The van der Waals surface area contributed by atoms with E-state index in [-0.39, 0.29) is 17.4 Å². The lowest BCUT2D eigenvalue weighted by Crippen LogP contribution is -2.34. The maximum absolute atomic E-state index is 12.5. The zero-order valence-corrected chi connectivity index (χ0v) is 13.7. The first kappa shape index (κ1) is 16.0. The zero-order chi connectivity index (χ0) is 17.1. The number of carbonyl (C=O) groups is 1. The second-order valence-electron chi connectivity index (χ2n) is 5.09. The highest BCUT2D eigenvalue weighted by molar-refractivity contribution is 6.30. The van der Waals surface area contributed by atoms with Gasteiger partial charge in [-0.3, -0.25) is 25.0 Å². The van der Waals surface area contributed by atoms with Crippen molar-refractivity contribution in [2.24, 2.45) is 0 Å². The maximum atomic E-state index is 12.5. The third kappa shape index (κ3) is 3.09. The van der Waals surface area contributed by atoms with Crippen molar-refractivity contribution in [2.75, 3.05) is 5.43 Å². The van der Waals surface area contributed by atoms with E-state index in [0.29, 0.717) is 28.0 Å². The number of hydrazine groups is 1. The molecule has 24 heavy (non-hydrogen) atoms. The Hall–Kier alpha value is -2.86. The van der Waals surface area contributed by atoms with E-state index >= 15 is 0 Å². The number of anilines is 1. The van der Waals surface area contributed by atoms with Gasteiger partial charge in [0, 0.05) is 17.1 Å². The number of carbonyl (C=O) groups excluding carboxylic acids is 1. The molecule has 0 aliphatic rings. The van der Waals surface area contributed by atoms with Crippen LogP contribution in [0.25, 0.3) is 10.9 Å². The molecule has 0 aliphatic carbocycles. The van der Waals surface area contributed by atoms with Crippen molar-refractivity contribution in [1.29, 1.82) is 0 Å². The lowest BCUT2D eigenvalue weighted by molar-refractivity contribution is 0.0962. The van der Waals surface area contributed by atoms with E-state index in [2.05, 4.69) is 15.8 Å². The van der Waals surface area contributed by atoms with Crippen molar-refractivity contribution < 1.29 is 4.79 Å². The van der Waals surface area contributed by atoms with Crippen LogP contribution in [0.4, 0.5) is 5.95 Å². The standard InChI is InChI=1S/C17H15ClN4O2/c1-2-22-16(24)13-5-3-4-6-14(13)19-17(22)21-20-15(23)11-7-9-12(18)10-8-11/h3-10H,2H2,1H3,(H,19,21)(H,20,23). The molecule has 0 spiro atoms. The van der Waals surface area contributed by atoms with Crippen LogP contribution in [0.15, 0.2) is 53.3 Å². The predicted molar refractivity (Wildman–Crippen MR) is 94.2 cm³/mol. The van der Waals surface area contributed by atoms with Crippen LogP contribution >= 0.6 is 11.6 Å². The van der Waals surface area contributed by atoms with Crippen LogP contribution in [0.3, 0.4) is 0 Å². The van der Waals surface area contributed by atoms with E-state index < -0.39 is 0 Å². The molecule has 0 saturated carbocycles. The fourth-order valence-corrected chi connectivity index (χ4v) is 2.47. The summed E-state index contributed by atoms with van der Waals surface area (Å²) in [6.07, 6.45) is 0. The van der Waals surface area contributed by atoms with E-state index in [1.807, 2.05) is 6.92 Å².